The molecule has 3 aliphatic heterocycles. The Kier molecular flexibility index (Phi) is 12.5. The minimum Gasteiger partial charge on any atom is -0.495 e. The molecule has 15 heteroatoms. The molecule has 0 bridgehead atoms. The molecule has 3 N–H and O–H groups in total. The fraction of sp³-hybridized carbons (Fsp3) is 0.415. The van der Waals surface area contributed by atoms with Crippen LogP contribution in [0.3, 0.4) is 0 Å². The molecule has 0 radical (unpaired) electrons. The van der Waals surface area contributed by atoms with Gasteiger partial charge in [0.1, 0.15) is 11.3 Å². The largest absolute Gasteiger partial charge is 0.495 e. The number of anilines is 2. The van der Waals surface area contributed by atoms with Crippen LogP contribution in [0.15, 0.2) is 90.0 Å². The summed E-state index contributed by atoms with van der Waals surface area (Å²) in [7, 11) is 5.07. The van der Waals surface area contributed by atoms with Gasteiger partial charge < -0.3 is 38.9 Å². The number of ether oxygens (including phenoxy) is 3. The van der Waals surface area contributed by atoms with Crippen LogP contribution in [0.1, 0.15) is 68.7 Å². The normalized spacial score (nSPS) is 18.9. The van der Waals surface area contributed by atoms with Crippen molar-refractivity contribution in [2.45, 2.75) is 75.2 Å². The lowest BCUT2D eigenvalue weighted by Crippen LogP contribution is -2.55. The second-order valence-electron chi connectivity index (χ2n) is 18.9. The Balaban J connectivity index is 0.850. The van der Waals surface area contributed by atoms with Gasteiger partial charge in [-0.2, -0.15) is 0 Å². The zero-order valence-corrected chi connectivity index (χ0v) is 39.3. The molecule has 3 amide bonds. The van der Waals surface area contributed by atoms with Crippen molar-refractivity contribution in [3.63, 3.8) is 0 Å². The molecule has 3 saturated heterocycles. The Labute approximate surface area is 396 Å². The monoisotopic (exact) mass is 917 g/mol. The van der Waals surface area contributed by atoms with E-state index in [1.165, 1.54) is 4.90 Å². The van der Waals surface area contributed by atoms with Gasteiger partial charge in [0.05, 0.1) is 43.3 Å². The maximum Gasteiger partial charge on any atom is 0.328 e. The number of aromatic amines is 1. The quantitative estimate of drug-likeness (QED) is 0.109. The first-order valence-electron chi connectivity index (χ1n) is 23.8. The van der Waals surface area contributed by atoms with Gasteiger partial charge in [-0.1, -0.05) is 48.2 Å². The molecule has 10 rings (SSSR count). The molecule has 3 aromatic carbocycles. The highest BCUT2D eigenvalue weighted by Gasteiger charge is 2.45. The smallest absolute Gasteiger partial charge is 0.328 e. The highest BCUT2D eigenvalue weighted by atomic mass is 16.6. The molecule has 0 spiro atoms. The Bertz CT molecular complexity index is 2980. The highest BCUT2D eigenvalue weighted by Crippen LogP contribution is 2.44. The van der Waals surface area contributed by atoms with Gasteiger partial charge in [-0.05, 0) is 93.0 Å². The molecule has 4 fully saturated rings. The lowest BCUT2D eigenvalue weighted by Gasteiger charge is -2.45. The van der Waals surface area contributed by atoms with E-state index in [9.17, 15) is 14.4 Å². The number of amides is 3. The Morgan fingerprint density at radius 2 is 1.69 bits per heavy atom. The predicted octanol–water partition coefficient (Wildman–Crippen LogP) is 6.47. The van der Waals surface area contributed by atoms with Gasteiger partial charge in [-0.25, -0.2) is 14.8 Å². The van der Waals surface area contributed by atoms with E-state index in [-0.39, 0.29) is 42.7 Å². The van der Waals surface area contributed by atoms with E-state index >= 15 is 0 Å². The van der Waals surface area contributed by atoms with Gasteiger partial charge in [-0.15, -0.1) is 0 Å². The van der Waals surface area contributed by atoms with E-state index < -0.39 is 11.6 Å². The number of rotatable bonds is 13. The number of benzene rings is 3. The van der Waals surface area contributed by atoms with Gasteiger partial charge in [-0.3, -0.25) is 19.8 Å². The Hall–Kier alpha value is -6.57. The number of carbonyl (C=O) groups excluding carboxylic acids is 2. The Morgan fingerprint density at radius 3 is 2.43 bits per heavy atom. The van der Waals surface area contributed by atoms with E-state index in [1.807, 2.05) is 54.9 Å². The number of hydrogen-bond acceptors (Lipinski definition) is 11. The van der Waals surface area contributed by atoms with Crippen LogP contribution in [-0.4, -0.2) is 114 Å². The van der Waals surface area contributed by atoms with E-state index in [1.54, 1.807) is 25.8 Å². The fourth-order valence-electron chi connectivity index (χ4n) is 10.2. The minimum absolute atomic E-state index is 0.0363. The molecule has 4 aliphatic rings. The topological polar surface area (TPSA) is 159 Å². The predicted molar refractivity (Wildman–Crippen MR) is 263 cm³/mol. The van der Waals surface area contributed by atoms with E-state index in [0.29, 0.717) is 35.5 Å². The first-order chi connectivity index (χ1) is 33.0. The summed E-state index contributed by atoms with van der Waals surface area (Å²) in [5.41, 5.74) is 5.32. The summed E-state index contributed by atoms with van der Waals surface area (Å²) < 4.78 is 20.3. The van der Waals surface area contributed by atoms with Gasteiger partial charge >= 0.3 is 6.03 Å². The molecule has 6 heterocycles. The second kappa shape index (κ2) is 18.8. The van der Waals surface area contributed by atoms with Crippen LogP contribution in [0, 0.1) is 11.8 Å². The second-order valence-corrected chi connectivity index (χ2v) is 18.9. The molecule has 352 valence electrons. The molecule has 3 aromatic heterocycles. The van der Waals surface area contributed by atoms with Crippen molar-refractivity contribution < 1.29 is 23.8 Å². The number of likely N-dealkylation sites (tertiary alicyclic amines) is 1. The summed E-state index contributed by atoms with van der Waals surface area (Å²) in [6.07, 6.45) is 10.0. The summed E-state index contributed by atoms with van der Waals surface area (Å²) in [4.78, 5) is 57.8. The molecule has 1 unspecified atom stereocenters. The third-order valence-electron chi connectivity index (χ3n) is 14.3. The van der Waals surface area contributed by atoms with Crippen molar-refractivity contribution in [2.24, 2.45) is 7.05 Å². The highest BCUT2D eigenvalue weighted by molar-refractivity contribution is 6.06. The number of pyridine rings is 1. The fourth-order valence-corrected chi connectivity index (χ4v) is 10.2. The van der Waals surface area contributed by atoms with E-state index in [4.69, 9.17) is 24.2 Å². The summed E-state index contributed by atoms with van der Waals surface area (Å²) in [6, 6.07) is 24.2. The lowest BCUT2D eigenvalue weighted by atomic mass is 9.87. The van der Waals surface area contributed by atoms with Crippen molar-refractivity contribution in [3.05, 3.63) is 112 Å². The molecule has 1 aliphatic carbocycles. The zero-order chi connectivity index (χ0) is 47.0. The molecule has 6 aromatic rings. The third kappa shape index (κ3) is 8.97. The first-order valence-corrected chi connectivity index (χ1v) is 23.8. The number of carbonyl (C=O) groups is 2. The average molecular weight is 918 g/mol. The van der Waals surface area contributed by atoms with Gasteiger partial charge in [0.15, 0.2) is 5.60 Å². The molecular weight excluding hydrogens is 859 g/mol. The first kappa shape index (κ1) is 45.2. The third-order valence-corrected chi connectivity index (χ3v) is 14.3. The number of piperidine rings is 2. The van der Waals surface area contributed by atoms with Crippen LogP contribution in [0.2, 0.25) is 0 Å². The van der Waals surface area contributed by atoms with E-state index in [0.717, 1.165) is 109 Å². The number of imide groups is 1. The van der Waals surface area contributed by atoms with Crippen LogP contribution in [0.4, 0.5) is 16.4 Å². The molecular formula is C53H59N9O6. The zero-order valence-electron chi connectivity index (χ0n) is 39.3. The van der Waals surface area contributed by atoms with Crippen LogP contribution in [0.25, 0.3) is 32.9 Å². The number of hydrogen-bond donors (Lipinski definition) is 3. The SMILES string of the molecule is COCC(OC1CC1)(c1ccccc1)c1nc(N2CCC(N3CCC(C)(NCC#Cc4ccc(OC)c(N5CCC(=O)NC5=O)c4)CC3)CC2)nc2ccc(-c3cn(C)c(=O)c4[nH]ccc34)cc12. The van der Waals surface area contributed by atoms with Crippen LogP contribution >= 0.6 is 0 Å². The average Bonchev–Trinajstić information content (AvgIpc) is 4.04. The number of urea groups is 1. The molecule has 15 nitrogen and oxygen atoms in total. The van der Waals surface area contributed by atoms with Crippen molar-refractivity contribution in [1.29, 1.82) is 0 Å². The number of H-pyrrole nitrogens is 1. The van der Waals surface area contributed by atoms with Crippen molar-refractivity contribution in [1.82, 2.24) is 35.1 Å². The minimum atomic E-state index is -0.994. The maximum atomic E-state index is 13.0. The number of methoxy groups -OCH3 is 2. The van der Waals surface area contributed by atoms with Crippen LogP contribution < -0.4 is 30.7 Å². The van der Waals surface area contributed by atoms with Crippen molar-refractivity contribution >= 4 is 45.4 Å². The summed E-state index contributed by atoms with van der Waals surface area (Å²) in [6.45, 7) is 7.06. The summed E-state index contributed by atoms with van der Waals surface area (Å²) >= 11 is 0. The molecule has 68 heavy (non-hydrogen) atoms. The van der Waals surface area contributed by atoms with Gasteiger partial charge in [0.25, 0.3) is 5.56 Å². The number of nitrogens with zero attached hydrogens (tertiary/aromatic N) is 6. The van der Waals surface area contributed by atoms with Gasteiger partial charge in [0, 0.05) is 99.2 Å². The van der Waals surface area contributed by atoms with E-state index in [2.05, 4.69) is 74.5 Å². The standard InChI is InChI=1S/C53H59N9O6/c1-52(55-24-8-9-35-12-17-45(67-4)44(31-35)62-28-21-46(63)57-51(62)65)22-29-60(30-23-52)38-19-26-61(27-20-38)50-56-43-16-13-36(42-33-59(2)49(64)47-40(42)18-25-54-47)32-41(43)48(58-50)53(34-66-3,68-39-14-15-39)37-10-6-5-7-11-37/h5-7,10-13,16-18,25,31-33,38-39,54-55H,14-15,19-24,26-30,34H2,1-4H3,(H,57,63,65). The van der Waals surface area contributed by atoms with Gasteiger partial charge in [0.2, 0.25) is 11.9 Å². The number of fused-ring (bicyclic) bond motifs is 2. The van der Waals surface area contributed by atoms with Crippen molar-refractivity contribution in [2.75, 3.05) is 69.9 Å². The number of aromatic nitrogens is 4. The Morgan fingerprint density at radius 1 is 0.897 bits per heavy atom. The molecule has 1 atom stereocenters. The van der Waals surface area contributed by atoms with Crippen LogP contribution in [0.5, 0.6) is 5.75 Å². The lowest BCUT2D eigenvalue weighted by molar-refractivity contribution is -0.120. The number of nitrogens with one attached hydrogen (secondary N) is 3. The van der Waals surface area contributed by atoms with Crippen molar-refractivity contribution in [3.8, 4) is 28.7 Å². The summed E-state index contributed by atoms with van der Waals surface area (Å²) in [5, 5.41) is 7.86. The molecule has 1 saturated carbocycles. The summed E-state index contributed by atoms with van der Waals surface area (Å²) in [5.74, 6) is 7.51. The van der Waals surface area contributed by atoms with Crippen LogP contribution in [-0.2, 0) is 26.9 Å². The number of aryl methyl sites for hydroxylation is 1. The maximum absolute atomic E-state index is 13.0.